The van der Waals surface area contributed by atoms with Gasteiger partial charge >= 0.3 is 0 Å². The van der Waals surface area contributed by atoms with Gasteiger partial charge in [-0.1, -0.05) is 6.07 Å². The first-order valence-electron chi connectivity index (χ1n) is 5.76. The van der Waals surface area contributed by atoms with Crippen LogP contribution in [0.25, 0.3) is 0 Å². The first-order valence-corrected chi connectivity index (χ1v) is 8.87. The van der Waals surface area contributed by atoms with E-state index in [1.807, 2.05) is 0 Å². The molecule has 5 nitrogen and oxygen atoms in total. The zero-order chi connectivity index (χ0) is 14.0. The summed E-state index contributed by atoms with van der Waals surface area (Å²) in [7, 11) is -3.32. The number of hydrogen-bond acceptors (Lipinski definition) is 5. The highest BCUT2D eigenvalue weighted by atomic mass is 32.2. The maximum atomic E-state index is 12.4. The number of phenolic OH excluding ortho intramolecular Hbond substituents is 1. The molecular weight excluding hydrogens is 286 g/mol. The lowest BCUT2D eigenvalue weighted by Crippen LogP contribution is -2.49. The minimum absolute atomic E-state index is 0.00635. The highest BCUT2D eigenvalue weighted by Crippen LogP contribution is 2.23. The van der Waals surface area contributed by atoms with E-state index < -0.39 is 15.2 Å². The number of hydrogen-bond donors (Lipinski definition) is 1. The van der Waals surface area contributed by atoms with E-state index >= 15 is 0 Å². The fraction of sp³-hybridized carbons (Fsp3) is 0.417. The van der Waals surface area contributed by atoms with Gasteiger partial charge in [0.1, 0.15) is 11.1 Å². The molecule has 19 heavy (non-hydrogen) atoms. The van der Waals surface area contributed by atoms with Crippen LogP contribution < -0.4 is 0 Å². The highest BCUT2D eigenvalue weighted by molar-refractivity contribution is 8.00. The van der Waals surface area contributed by atoms with Gasteiger partial charge in [-0.25, -0.2) is 8.42 Å². The Morgan fingerprint density at radius 2 is 2.21 bits per heavy atom. The van der Waals surface area contributed by atoms with Crippen molar-refractivity contribution in [2.75, 3.05) is 24.3 Å². The molecule has 7 heteroatoms. The van der Waals surface area contributed by atoms with Gasteiger partial charge in [0, 0.05) is 29.9 Å². The zero-order valence-electron chi connectivity index (χ0n) is 10.4. The Hall–Kier alpha value is -1.21. The average molecular weight is 301 g/mol. The van der Waals surface area contributed by atoms with Crippen LogP contribution in [0.1, 0.15) is 10.4 Å². The van der Waals surface area contributed by atoms with E-state index in [1.165, 1.54) is 28.8 Å². The summed E-state index contributed by atoms with van der Waals surface area (Å²) >= 11 is 1.53. The van der Waals surface area contributed by atoms with Crippen LogP contribution in [0.2, 0.25) is 0 Å². The van der Waals surface area contributed by atoms with E-state index in [0.29, 0.717) is 17.9 Å². The number of phenols is 1. The summed E-state index contributed by atoms with van der Waals surface area (Å²) in [6.45, 7) is 0.400. The lowest BCUT2D eigenvalue weighted by atomic mass is 10.2. The number of rotatable bonds is 2. The minimum atomic E-state index is -3.32. The second-order valence-corrected chi connectivity index (χ2v) is 7.76. The van der Waals surface area contributed by atoms with E-state index in [4.69, 9.17) is 0 Å². The van der Waals surface area contributed by atoms with Crippen LogP contribution in [-0.2, 0) is 9.84 Å². The number of nitrogens with zero attached hydrogens (tertiary/aromatic N) is 1. The van der Waals surface area contributed by atoms with Gasteiger partial charge in [0.15, 0.2) is 9.84 Å². The number of carbonyl (C=O) groups excluding carboxylic acids is 1. The first kappa shape index (κ1) is 14.2. The predicted octanol–water partition coefficient (Wildman–Crippen LogP) is 0.952. The number of sulfone groups is 1. The molecule has 1 amide bonds. The first-order chi connectivity index (χ1) is 8.89. The molecule has 0 radical (unpaired) electrons. The van der Waals surface area contributed by atoms with Crippen molar-refractivity contribution < 1.29 is 18.3 Å². The third-order valence-corrected chi connectivity index (χ3v) is 5.58. The molecule has 104 valence electrons. The molecule has 0 saturated carbocycles. The molecular formula is C12H15NO4S2. The van der Waals surface area contributed by atoms with Gasteiger partial charge in [0.05, 0.1) is 0 Å². The molecule has 1 unspecified atom stereocenters. The zero-order valence-corrected chi connectivity index (χ0v) is 12.1. The van der Waals surface area contributed by atoms with E-state index in [9.17, 15) is 18.3 Å². The summed E-state index contributed by atoms with van der Waals surface area (Å²) in [4.78, 5) is 13.7. The fourth-order valence-corrected chi connectivity index (χ4v) is 4.79. The molecule has 1 saturated heterocycles. The van der Waals surface area contributed by atoms with Crippen LogP contribution in [0.3, 0.4) is 0 Å². The molecule has 2 rings (SSSR count). The standard InChI is InChI=1S/C12H15NO4S2/c1-19(16,17)11-8-18-6-5-13(11)12(15)9-3-2-4-10(14)7-9/h2-4,7,11,14H,5-6,8H2,1H3. The predicted molar refractivity (Wildman–Crippen MR) is 75.1 cm³/mol. The summed E-state index contributed by atoms with van der Waals surface area (Å²) < 4.78 is 23.5. The van der Waals surface area contributed by atoms with Crippen LogP contribution in [0, 0.1) is 0 Å². The van der Waals surface area contributed by atoms with E-state index in [0.717, 1.165) is 12.0 Å². The lowest BCUT2D eigenvalue weighted by molar-refractivity contribution is 0.0749. The molecule has 1 fully saturated rings. The molecule has 0 aromatic heterocycles. The largest absolute Gasteiger partial charge is 0.508 e. The van der Waals surface area contributed by atoms with E-state index in [2.05, 4.69) is 0 Å². The Morgan fingerprint density at radius 1 is 1.47 bits per heavy atom. The van der Waals surface area contributed by atoms with Crippen LogP contribution in [0.5, 0.6) is 5.75 Å². The van der Waals surface area contributed by atoms with Crippen molar-refractivity contribution in [3.8, 4) is 5.75 Å². The van der Waals surface area contributed by atoms with Gasteiger partial charge in [0.2, 0.25) is 0 Å². The van der Waals surface area contributed by atoms with Crippen molar-refractivity contribution in [1.29, 1.82) is 0 Å². The summed E-state index contributed by atoms with van der Waals surface area (Å²) in [5, 5.41) is 8.60. The van der Waals surface area contributed by atoms with Crippen LogP contribution in [0.4, 0.5) is 0 Å². The maximum absolute atomic E-state index is 12.4. The van der Waals surface area contributed by atoms with Gasteiger partial charge in [-0.05, 0) is 18.2 Å². The normalized spacial score (nSPS) is 20.3. The molecule has 1 aromatic rings. The Labute approximate surface area is 116 Å². The number of thioether (sulfide) groups is 1. The van der Waals surface area contributed by atoms with Crippen molar-refractivity contribution in [2.24, 2.45) is 0 Å². The maximum Gasteiger partial charge on any atom is 0.255 e. The molecule has 1 aliphatic rings. The Bertz CT molecular complexity index is 585. The van der Waals surface area contributed by atoms with Crippen molar-refractivity contribution in [2.45, 2.75) is 5.37 Å². The topological polar surface area (TPSA) is 74.7 Å². The molecule has 1 aliphatic heterocycles. The smallest absolute Gasteiger partial charge is 0.255 e. The Balaban J connectivity index is 2.30. The third kappa shape index (κ3) is 3.22. The quantitative estimate of drug-likeness (QED) is 0.880. The average Bonchev–Trinajstić information content (AvgIpc) is 2.37. The summed E-state index contributed by atoms with van der Waals surface area (Å²) in [5.74, 6) is 0.750. The Kier molecular flexibility index (Phi) is 4.05. The molecule has 1 atom stereocenters. The lowest BCUT2D eigenvalue weighted by Gasteiger charge is -2.34. The fourth-order valence-electron chi connectivity index (χ4n) is 1.97. The monoisotopic (exact) mass is 301 g/mol. The number of carbonyl (C=O) groups is 1. The molecule has 1 aromatic carbocycles. The van der Waals surface area contributed by atoms with Crippen LogP contribution in [-0.4, -0.2) is 54.0 Å². The van der Waals surface area contributed by atoms with Gasteiger partial charge in [0.25, 0.3) is 5.91 Å². The minimum Gasteiger partial charge on any atom is -0.508 e. The van der Waals surface area contributed by atoms with Gasteiger partial charge in [-0.15, -0.1) is 0 Å². The summed E-state index contributed by atoms with van der Waals surface area (Å²) in [5.41, 5.74) is 0.306. The number of benzene rings is 1. The summed E-state index contributed by atoms with van der Waals surface area (Å²) in [6, 6.07) is 5.96. The second kappa shape index (κ2) is 5.42. The van der Waals surface area contributed by atoms with E-state index in [1.54, 1.807) is 12.1 Å². The van der Waals surface area contributed by atoms with Crippen molar-refractivity contribution in [1.82, 2.24) is 4.90 Å². The van der Waals surface area contributed by atoms with Gasteiger partial charge in [-0.2, -0.15) is 11.8 Å². The molecule has 0 aliphatic carbocycles. The van der Waals surface area contributed by atoms with Crippen LogP contribution in [0.15, 0.2) is 24.3 Å². The Morgan fingerprint density at radius 3 is 2.84 bits per heavy atom. The highest BCUT2D eigenvalue weighted by Gasteiger charge is 2.34. The summed E-state index contributed by atoms with van der Waals surface area (Å²) in [6.07, 6.45) is 1.15. The molecule has 1 heterocycles. The van der Waals surface area contributed by atoms with Crippen molar-refractivity contribution in [3.05, 3.63) is 29.8 Å². The molecule has 1 N–H and O–H groups in total. The van der Waals surface area contributed by atoms with E-state index in [-0.39, 0.29) is 11.7 Å². The number of amides is 1. The molecule has 0 spiro atoms. The van der Waals surface area contributed by atoms with Gasteiger partial charge in [-0.3, -0.25) is 4.79 Å². The van der Waals surface area contributed by atoms with Crippen LogP contribution >= 0.6 is 11.8 Å². The second-order valence-electron chi connectivity index (χ2n) is 4.41. The van der Waals surface area contributed by atoms with Gasteiger partial charge < -0.3 is 10.0 Å². The number of aromatic hydroxyl groups is 1. The molecule has 0 bridgehead atoms. The van der Waals surface area contributed by atoms with Crippen molar-refractivity contribution >= 4 is 27.5 Å². The van der Waals surface area contributed by atoms with Crippen molar-refractivity contribution in [3.63, 3.8) is 0 Å². The SMILES string of the molecule is CS(=O)(=O)C1CSCCN1C(=O)c1cccc(O)c1. The third-order valence-electron chi connectivity index (χ3n) is 2.93.